The van der Waals surface area contributed by atoms with Crippen molar-refractivity contribution in [2.45, 2.75) is 31.2 Å². The number of sulfonamides is 1. The van der Waals surface area contributed by atoms with Crippen molar-refractivity contribution in [1.29, 1.82) is 0 Å². The molecule has 0 heterocycles. The zero-order valence-corrected chi connectivity index (χ0v) is 22.4. The molecule has 0 aliphatic heterocycles. The van der Waals surface area contributed by atoms with E-state index >= 15 is 0 Å². The van der Waals surface area contributed by atoms with Crippen molar-refractivity contribution in [2.75, 3.05) is 25.1 Å². The van der Waals surface area contributed by atoms with Crippen LogP contribution in [0.15, 0.2) is 71.6 Å². The molecule has 0 saturated heterocycles. The van der Waals surface area contributed by atoms with Crippen LogP contribution in [0.3, 0.4) is 0 Å². The van der Waals surface area contributed by atoms with Gasteiger partial charge in [0, 0.05) is 18.0 Å². The lowest BCUT2D eigenvalue weighted by atomic mass is 10.1. The van der Waals surface area contributed by atoms with E-state index in [1.165, 1.54) is 19.2 Å². The molecule has 3 rings (SSSR count). The highest BCUT2D eigenvalue weighted by atomic mass is 35.5. The van der Waals surface area contributed by atoms with Crippen LogP contribution in [-0.4, -0.2) is 41.1 Å². The Bertz CT molecular complexity index is 1340. The van der Waals surface area contributed by atoms with Crippen LogP contribution in [-0.2, 0) is 37.3 Å². The number of nitrogens with one attached hydrogen (secondary N) is 1. The summed E-state index contributed by atoms with van der Waals surface area (Å²) in [7, 11) is -1.24. The van der Waals surface area contributed by atoms with E-state index in [0.29, 0.717) is 28.4 Å². The van der Waals surface area contributed by atoms with Crippen molar-refractivity contribution in [3.8, 4) is 5.75 Å². The van der Waals surface area contributed by atoms with Gasteiger partial charge in [0.2, 0.25) is 5.91 Å². The summed E-state index contributed by atoms with van der Waals surface area (Å²) in [6, 6.07) is 18.3. The first kappa shape index (κ1) is 28.0. The molecule has 0 bridgehead atoms. The summed E-state index contributed by atoms with van der Waals surface area (Å²) >= 11 is 6.28. The maximum atomic E-state index is 13.7. The van der Waals surface area contributed by atoms with Crippen molar-refractivity contribution < 1.29 is 27.5 Å². The molecule has 0 aromatic heterocycles. The maximum Gasteiger partial charge on any atom is 0.305 e. The first-order valence-electron chi connectivity index (χ1n) is 11.5. The van der Waals surface area contributed by atoms with Gasteiger partial charge in [-0.15, -0.1) is 0 Å². The standard InChI is InChI=1S/C27H29ClN2O6S/c1-19-24(28)5-4-6-25(19)30(18-26(31)29-17-21-7-12-22(35-2)13-8-21)37(33,34)23-14-9-20(10-15-23)11-16-27(32)36-3/h4-10,12-15H,11,16-18H2,1-3H3,(H,29,31). The third-order valence-corrected chi connectivity index (χ3v) is 7.98. The number of hydrogen-bond donors (Lipinski definition) is 1. The lowest BCUT2D eigenvalue weighted by molar-refractivity contribution is -0.140. The molecule has 1 amide bonds. The van der Waals surface area contributed by atoms with Gasteiger partial charge in [-0.2, -0.15) is 0 Å². The molecule has 37 heavy (non-hydrogen) atoms. The maximum absolute atomic E-state index is 13.7. The first-order valence-corrected chi connectivity index (χ1v) is 13.3. The number of nitrogens with zero attached hydrogens (tertiary/aromatic N) is 1. The Balaban J connectivity index is 1.84. The Labute approximate surface area is 222 Å². The molecular formula is C27H29ClN2O6S. The van der Waals surface area contributed by atoms with E-state index in [0.717, 1.165) is 15.4 Å². The van der Waals surface area contributed by atoms with E-state index in [2.05, 4.69) is 10.1 Å². The minimum atomic E-state index is -4.13. The number of methoxy groups -OCH3 is 2. The number of aryl methyl sites for hydroxylation is 1. The largest absolute Gasteiger partial charge is 0.497 e. The van der Waals surface area contributed by atoms with Gasteiger partial charge < -0.3 is 14.8 Å². The highest BCUT2D eigenvalue weighted by Crippen LogP contribution is 2.31. The molecule has 8 nitrogen and oxygen atoms in total. The monoisotopic (exact) mass is 544 g/mol. The molecule has 3 aromatic rings. The third kappa shape index (κ3) is 7.24. The molecule has 196 valence electrons. The van der Waals surface area contributed by atoms with Gasteiger partial charge in [-0.1, -0.05) is 41.9 Å². The summed E-state index contributed by atoms with van der Waals surface area (Å²) in [5.41, 5.74) is 2.46. The predicted molar refractivity (Wildman–Crippen MR) is 142 cm³/mol. The topological polar surface area (TPSA) is 102 Å². The molecule has 0 fully saturated rings. The number of hydrogen-bond acceptors (Lipinski definition) is 6. The number of halogens is 1. The fourth-order valence-electron chi connectivity index (χ4n) is 3.60. The molecule has 0 aliphatic carbocycles. The number of esters is 1. The van der Waals surface area contributed by atoms with Gasteiger partial charge in [0.15, 0.2) is 0 Å². The number of amides is 1. The Morgan fingerprint density at radius 3 is 2.22 bits per heavy atom. The van der Waals surface area contributed by atoms with Crippen LogP contribution in [0.5, 0.6) is 5.75 Å². The van der Waals surface area contributed by atoms with Crippen molar-refractivity contribution in [2.24, 2.45) is 0 Å². The minimum absolute atomic E-state index is 0.0108. The van der Waals surface area contributed by atoms with Gasteiger partial charge in [-0.25, -0.2) is 8.42 Å². The third-order valence-electron chi connectivity index (χ3n) is 5.80. The fourth-order valence-corrected chi connectivity index (χ4v) is 5.25. The normalized spacial score (nSPS) is 11.0. The molecule has 0 unspecified atom stereocenters. The molecule has 3 aromatic carbocycles. The molecule has 0 saturated carbocycles. The average molecular weight is 545 g/mol. The Morgan fingerprint density at radius 1 is 0.946 bits per heavy atom. The van der Waals surface area contributed by atoms with Crippen molar-refractivity contribution in [3.05, 3.63) is 88.4 Å². The smallest absolute Gasteiger partial charge is 0.305 e. The first-order chi connectivity index (χ1) is 17.6. The average Bonchev–Trinajstić information content (AvgIpc) is 2.91. The molecule has 0 spiro atoms. The Hall–Kier alpha value is -3.56. The minimum Gasteiger partial charge on any atom is -0.497 e. The number of ether oxygens (including phenoxy) is 2. The van der Waals surface area contributed by atoms with E-state index in [1.54, 1.807) is 56.5 Å². The Morgan fingerprint density at radius 2 is 1.59 bits per heavy atom. The second-order valence-corrected chi connectivity index (χ2v) is 10.5. The summed E-state index contributed by atoms with van der Waals surface area (Å²) in [6.45, 7) is 1.48. The molecule has 10 heteroatoms. The van der Waals surface area contributed by atoms with Gasteiger partial charge in [0.05, 0.1) is 24.8 Å². The highest BCUT2D eigenvalue weighted by molar-refractivity contribution is 7.92. The molecule has 0 aliphatic rings. The zero-order chi connectivity index (χ0) is 27.0. The predicted octanol–water partition coefficient (Wildman–Crippen LogP) is 4.27. The van der Waals surface area contributed by atoms with E-state index in [-0.39, 0.29) is 23.8 Å². The second-order valence-electron chi connectivity index (χ2n) is 8.24. The van der Waals surface area contributed by atoms with Gasteiger partial charge in [-0.05, 0) is 66.4 Å². The second kappa shape index (κ2) is 12.6. The lowest BCUT2D eigenvalue weighted by Crippen LogP contribution is -2.41. The van der Waals surface area contributed by atoms with Crippen LogP contribution in [0.4, 0.5) is 5.69 Å². The lowest BCUT2D eigenvalue weighted by Gasteiger charge is -2.26. The van der Waals surface area contributed by atoms with Gasteiger partial charge in [0.1, 0.15) is 12.3 Å². The number of anilines is 1. The van der Waals surface area contributed by atoms with Gasteiger partial charge in [-0.3, -0.25) is 13.9 Å². The molecule has 0 radical (unpaired) electrons. The Kier molecular flexibility index (Phi) is 9.54. The highest BCUT2D eigenvalue weighted by Gasteiger charge is 2.28. The fraction of sp³-hybridized carbons (Fsp3) is 0.259. The summed E-state index contributed by atoms with van der Waals surface area (Å²) in [6.07, 6.45) is 0.600. The number of carbonyl (C=O) groups is 2. The molecule has 0 atom stereocenters. The van der Waals surface area contributed by atoms with E-state index in [4.69, 9.17) is 16.3 Å². The van der Waals surface area contributed by atoms with E-state index in [9.17, 15) is 18.0 Å². The van der Waals surface area contributed by atoms with Crippen LogP contribution in [0.2, 0.25) is 5.02 Å². The number of benzene rings is 3. The quantitative estimate of drug-likeness (QED) is 0.362. The van der Waals surface area contributed by atoms with Crippen LogP contribution < -0.4 is 14.4 Å². The van der Waals surface area contributed by atoms with Crippen LogP contribution >= 0.6 is 11.6 Å². The van der Waals surface area contributed by atoms with E-state index < -0.39 is 22.5 Å². The van der Waals surface area contributed by atoms with Gasteiger partial charge in [0.25, 0.3) is 10.0 Å². The molecule has 1 N–H and O–H groups in total. The van der Waals surface area contributed by atoms with Gasteiger partial charge >= 0.3 is 5.97 Å². The summed E-state index contributed by atoms with van der Waals surface area (Å²) in [5.74, 6) is -0.131. The van der Waals surface area contributed by atoms with Crippen molar-refractivity contribution >= 4 is 39.2 Å². The van der Waals surface area contributed by atoms with Crippen LogP contribution in [0.1, 0.15) is 23.1 Å². The van der Waals surface area contributed by atoms with Crippen LogP contribution in [0, 0.1) is 6.92 Å². The summed E-state index contributed by atoms with van der Waals surface area (Å²) < 4.78 is 38.3. The summed E-state index contributed by atoms with van der Waals surface area (Å²) in [5, 5.41) is 3.16. The SMILES string of the molecule is COC(=O)CCc1ccc(S(=O)(=O)N(CC(=O)NCc2ccc(OC)cc2)c2cccc(Cl)c2C)cc1. The molecular weight excluding hydrogens is 516 g/mol. The van der Waals surface area contributed by atoms with Crippen LogP contribution in [0.25, 0.3) is 0 Å². The summed E-state index contributed by atoms with van der Waals surface area (Å²) in [4.78, 5) is 24.3. The number of rotatable bonds is 11. The number of carbonyl (C=O) groups excluding carboxylic acids is 2. The van der Waals surface area contributed by atoms with Crippen molar-refractivity contribution in [3.63, 3.8) is 0 Å². The van der Waals surface area contributed by atoms with E-state index in [1.807, 2.05) is 12.1 Å². The zero-order valence-electron chi connectivity index (χ0n) is 20.9. The van der Waals surface area contributed by atoms with Crippen molar-refractivity contribution in [1.82, 2.24) is 5.32 Å².